The molecule has 0 fully saturated rings. The molecule has 3 nitrogen and oxygen atoms in total. The van der Waals surface area contributed by atoms with Crippen molar-refractivity contribution in [3.63, 3.8) is 0 Å². The number of ketones is 1. The van der Waals surface area contributed by atoms with E-state index in [1.54, 1.807) is 19.1 Å². The van der Waals surface area contributed by atoms with Crippen LogP contribution in [0.5, 0.6) is 0 Å². The molecule has 0 bridgehead atoms. The zero-order valence-corrected chi connectivity index (χ0v) is 12.4. The van der Waals surface area contributed by atoms with Crippen LogP contribution in [0.4, 0.5) is 5.69 Å². The number of nitrogens with two attached hydrogens (primary N) is 1. The van der Waals surface area contributed by atoms with E-state index in [-0.39, 0.29) is 5.78 Å². The number of aromatic nitrogens is 1. The summed E-state index contributed by atoms with van der Waals surface area (Å²) in [4.78, 5) is 16.9. The molecular weight excluding hydrogens is 280 g/mol. The normalized spacial score (nSPS) is 10.7. The molecular formula is C17H14N2OS. The average molecular weight is 294 g/mol. The summed E-state index contributed by atoms with van der Waals surface area (Å²) in [6.45, 7) is 1.55. The Morgan fingerprint density at radius 1 is 1.10 bits per heavy atom. The first kappa shape index (κ1) is 13.6. The molecule has 0 amide bonds. The zero-order chi connectivity index (χ0) is 14.8. The molecule has 0 aliphatic carbocycles. The van der Waals surface area contributed by atoms with Gasteiger partial charge in [-0.05, 0) is 37.3 Å². The number of hydrogen-bond donors (Lipinski definition) is 1. The fourth-order valence-corrected chi connectivity index (χ4v) is 2.94. The molecule has 0 spiro atoms. The van der Waals surface area contributed by atoms with E-state index in [0.717, 1.165) is 20.8 Å². The second-order valence-corrected chi connectivity index (χ2v) is 5.82. The lowest BCUT2D eigenvalue weighted by Gasteiger charge is -2.07. The Kier molecular flexibility index (Phi) is 3.62. The van der Waals surface area contributed by atoms with Crippen LogP contribution >= 0.6 is 11.8 Å². The Hall–Kier alpha value is -2.33. The molecule has 0 atom stereocenters. The van der Waals surface area contributed by atoms with Gasteiger partial charge in [0.05, 0.1) is 5.52 Å². The highest BCUT2D eigenvalue weighted by Gasteiger charge is 2.07. The van der Waals surface area contributed by atoms with Crippen molar-refractivity contribution in [1.82, 2.24) is 4.98 Å². The van der Waals surface area contributed by atoms with Gasteiger partial charge in [0.25, 0.3) is 0 Å². The third-order valence-corrected chi connectivity index (χ3v) is 4.22. The van der Waals surface area contributed by atoms with Crippen LogP contribution in [0.2, 0.25) is 0 Å². The third-order valence-electron chi connectivity index (χ3n) is 3.21. The van der Waals surface area contributed by atoms with Crippen LogP contribution in [0.1, 0.15) is 17.3 Å². The molecule has 0 aliphatic rings. The number of nitrogen functional groups attached to an aromatic ring is 1. The molecule has 0 saturated carbocycles. The molecule has 2 aromatic carbocycles. The highest BCUT2D eigenvalue weighted by Crippen LogP contribution is 2.32. The monoisotopic (exact) mass is 294 g/mol. The fraction of sp³-hybridized carbons (Fsp3) is 0.0588. The first-order valence-electron chi connectivity index (χ1n) is 6.57. The Morgan fingerprint density at radius 2 is 1.90 bits per heavy atom. The minimum Gasteiger partial charge on any atom is -0.398 e. The number of para-hydroxylation sites is 1. The number of hydrogen-bond acceptors (Lipinski definition) is 4. The van der Waals surface area contributed by atoms with Crippen molar-refractivity contribution in [3.05, 3.63) is 60.2 Å². The number of pyridine rings is 1. The van der Waals surface area contributed by atoms with E-state index in [1.165, 1.54) is 11.8 Å². The molecule has 0 unspecified atom stereocenters. The van der Waals surface area contributed by atoms with Gasteiger partial charge in [-0.1, -0.05) is 36.0 Å². The van der Waals surface area contributed by atoms with E-state index in [9.17, 15) is 4.79 Å². The Balaban J connectivity index is 1.98. The van der Waals surface area contributed by atoms with Gasteiger partial charge in [0, 0.05) is 21.5 Å². The summed E-state index contributed by atoms with van der Waals surface area (Å²) < 4.78 is 0. The predicted octanol–water partition coefficient (Wildman–Crippen LogP) is 4.17. The van der Waals surface area contributed by atoms with Crippen molar-refractivity contribution >= 4 is 34.1 Å². The third kappa shape index (κ3) is 2.90. The van der Waals surface area contributed by atoms with Crippen LogP contribution < -0.4 is 5.73 Å². The zero-order valence-electron chi connectivity index (χ0n) is 11.5. The second-order valence-electron chi connectivity index (χ2n) is 4.75. The van der Waals surface area contributed by atoms with Crippen LogP contribution in [0.15, 0.2) is 64.5 Å². The summed E-state index contributed by atoms with van der Waals surface area (Å²) in [7, 11) is 0. The number of carbonyl (C=O) groups excluding carboxylic acids is 1. The van der Waals surface area contributed by atoms with Gasteiger partial charge in [0.2, 0.25) is 0 Å². The maximum Gasteiger partial charge on any atom is 0.159 e. The summed E-state index contributed by atoms with van der Waals surface area (Å²) in [5, 5.41) is 1.97. The van der Waals surface area contributed by atoms with Gasteiger partial charge in [-0.3, -0.25) is 4.79 Å². The molecule has 0 saturated heterocycles. The summed E-state index contributed by atoms with van der Waals surface area (Å²) in [5.41, 5.74) is 8.25. The molecule has 0 radical (unpaired) electrons. The van der Waals surface area contributed by atoms with Gasteiger partial charge < -0.3 is 5.73 Å². The van der Waals surface area contributed by atoms with Gasteiger partial charge in [-0.25, -0.2) is 4.98 Å². The van der Waals surface area contributed by atoms with Crippen LogP contribution in [0, 0.1) is 0 Å². The highest BCUT2D eigenvalue weighted by molar-refractivity contribution is 7.99. The van der Waals surface area contributed by atoms with Gasteiger partial charge in [0.1, 0.15) is 5.03 Å². The first-order valence-corrected chi connectivity index (χ1v) is 7.39. The lowest BCUT2D eigenvalue weighted by molar-refractivity contribution is 0.101. The van der Waals surface area contributed by atoms with Crippen molar-refractivity contribution in [2.24, 2.45) is 0 Å². The van der Waals surface area contributed by atoms with Crippen LogP contribution in [-0.2, 0) is 0 Å². The van der Waals surface area contributed by atoms with Crippen molar-refractivity contribution in [2.45, 2.75) is 16.8 Å². The Bertz CT molecular complexity index is 830. The van der Waals surface area contributed by atoms with Crippen LogP contribution in [0.25, 0.3) is 10.9 Å². The number of fused-ring (bicyclic) bond motifs is 1. The van der Waals surface area contributed by atoms with Crippen molar-refractivity contribution < 1.29 is 4.79 Å². The highest BCUT2D eigenvalue weighted by atomic mass is 32.2. The second kappa shape index (κ2) is 5.58. The van der Waals surface area contributed by atoms with E-state index in [2.05, 4.69) is 4.98 Å². The molecule has 21 heavy (non-hydrogen) atoms. The Morgan fingerprint density at radius 3 is 2.71 bits per heavy atom. The standard InChI is InChI=1S/C17H14N2OS/c1-11(20)13-6-8-14(18)16(10-13)21-17-9-7-12-4-2-3-5-15(12)19-17/h2-10H,18H2,1H3. The summed E-state index contributed by atoms with van der Waals surface area (Å²) in [6.07, 6.45) is 0. The first-order chi connectivity index (χ1) is 10.1. The topological polar surface area (TPSA) is 56.0 Å². The molecule has 104 valence electrons. The van der Waals surface area contributed by atoms with Crippen LogP contribution in [-0.4, -0.2) is 10.8 Å². The van der Waals surface area contributed by atoms with Crippen LogP contribution in [0.3, 0.4) is 0 Å². The molecule has 1 aromatic heterocycles. The van der Waals surface area contributed by atoms with Crippen molar-refractivity contribution in [1.29, 1.82) is 0 Å². The molecule has 4 heteroatoms. The van der Waals surface area contributed by atoms with Crippen molar-refractivity contribution in [2.75, 3.05) is 5.73 Å². The molecule has 3 aromatic rings. The van der Waals surface area contributed by atoms with E-state index in [1.807, 2.05) is 42.5 Å². The maximum atomic E-state index is 11.5. The summed E-state index contributed by atoms with van der Waals surface area (Å²) in [5.74, 6) is 0.0309. The maximum absolute atomic E-state index is 11.5. The quantitative estimate of drug-likeness (QED) is 0.582. The number of rotatable bonds is 3. The fourth-order valence-electron chi connectivity index (χ4n) is 2.06. The average Bonchev–Trinajstić information content (AvgIpc) is 2.49. The molecule has 3 rings (SSSR count). The minimum absolute atomic E-state index is 0.0309. The van der Waals surface area contributed by atoms with E-state index < -0.39 is 0 Å². The number of anilines is 1. The van der Waals surface area contributed by atoms with E-state index >= 15 is 0 Å². The predicted molar refractivity (Wildman–Crippen MR) is 86.7 cm³/mol. The number of benzene rings is 2. The summed E-state index contributed by atoms with van der Waals surface area (Å²) in [6, 6.07) is 17.3. The van der Waals surface area contributed by atoms with Gasteiger partial charge in [0.15, 0.2) is 5.78 Å². The lowest BCUT2D eigenvalue weighted by Crippen LogP contribution is -1.95. The van der Waals surface area contributed by atoms with Crippen molar-refractivity contribution in [3.8, 4) is 0 Å². The van der Waals surface area contributed by atoms with Gasteiger partial charge in [-0.15, -0.1) is 0 Å². The minimum atomic E-state index is 0.0309. The number of Topliss-reactive ketones (excluding diaryl/α,β-unsaturated/α-hetero) is 1. The number of carbonyl (C=O) groups is 1. The van der Waals surface area contributed by atoms with E-state index in [0.29, 0.717) is 11.3 Å². The smallest absolute Gasteiger partial charge is 0.159 e. The summed E-state index contributed by atoms with van der Waals surface area (Å²) >= 11 is 1.47. The SMILES string of the molecule is CC(=O)c1ccc(N)c(Sc2ccc3ccccc3n2)c1. The lowest BCUT2D eigenvalue weighted by atomic mass is 10.1. The largest absolute Gasteiger partial charge is 0.398 e. The Labute approximate surface area is 127 Å². The van der Waals surface area contributed by atoms with E-state index in [4.69, 9.17) is 5.73 Å². The molecule has 1 heterocycles. The molecule has 2 N–H and O–H groups in total. The number of nitrogens with zero attached hydrogens (tertiary/aromatic N) is 1. The van der Waals surface area contributed by atoms with Gasteiger partial charge >= 0.3 is 0 Å². The van der Waals surface area contributed by atoms with Gasteiger partial charge in [-0.2, -0.15) is 0 Å². The molecule has 0 aliphatic heterocycles.